The summed E-state index contributed by atoms with van der Waals surface area (Å²) in [6.45, 7) is 14.7. The molecule has 0 spiro atoms. The SMILES string of the molecule is C[C@H](/C=C/C(C)(C)C)[C@H]1CC[C@H]2[C@@H]3CC=C4C[C@@H](O)CC[C@]4(C)[C@@H](CC[C@]12C)C3. The van der Waals surface area contributed by atoms with Gasteiger partial charge in [0.2, 0.25) is 0 Å². The van der Waals surface area contributed by atoms with Crippen molar-refractivity contribution in [3.05, 3.63) is 23.8 Å². The van der Waals surface area contributed by atoms with Gasteiger partial charge >= 0.3 is 0 Å². The van der Waals surface area contributed by atoms with Crippen molar-refractivity contribution in [1.29, 1.82) is 0 Å². The molecule has 1 heteroatoms. The van der Waals surface area contributed by atoms with Crippen LogP contribution in [0.1, 0.15) is 99.3 Å². The Bertz CT molecular complexity index is 666. The Balaban J connectivity index is 1.60. The van der Waals surface area contributed by atoms with Crippen LogP contribution in [0.4, 0.5) is 0 Å². The third-order valence-electron chi connectivity index (χ3n) is 9.96. The van der Waals surface area contributed by atoms with Crippen LogP contribution in [0, 0.1) is 45.8 Å². The summed E-state index contributed by atoms with van der Waals surface area (Å²) in [6, 6.07) is 0. The van der Waals surface area contributed by atoms with E-state index in [0.717, 1.165) is 36.5 Å². The zero-order valence-electron chi connectivity index (χ0n) is 20.0. The molecule has 164 valence electrons. The van der Waals surface area contributed by atoms with Crippen LogP contribution in [0.15, 0.2) is 23.8 Å². The number of aliphatic hydroxyl groups excluding tert-OH is 1. The van der Waals surface area contributed by atoms with Crippen molar-refractivity contribution < 1.29 is 5.11 Å². The fourth-order valence-electron chi connectivity index (χ4n) is 8.14. The summed E-state index contributed by atoms with van der Waals surface area (Å²) < 4.78 is 0. The van der Waals surface area contributed by atoms with E-state index < -0.39 is 0 Å². The Morgan fingerprint density at radius 2 is 1.86 bits per heavy atom. The fraction of sp³-hybridized carbons (Fsp3) is 0.857. The fourth-order valence-corrected chi connectivity index (χ4v) is 8.14. The number of fused-ring (bicyclic) bond motifs is 6. The van der Waals surface area contributed by atoms with Gasteiger partial charge in [-0.05, 0) is 104 Å². The maximum atomic E-state index is 10.3. The molecule has 0 unspecified atom stereocenters. The van der Waals surface area contributed by atoms with Gasteiger partial charge in [-0.3, -0.25) is 0 Å². The lowest BCUT2D eigenvalue weighted by Gasteiger charge is -2.44. The highest BCUT2D eigenvalue weighted by Crippen LogP contribution is 2.64. The van der Waals surface area contributed by atoms with Gasteiger partial charge in [0.1, 0.15) is 0 Å². The maximum Gasteiger partial charge on any atom is 0.0577 e. The molecule has 4 aliphatic carbocycles. The van der Waals surface area contributed by atoms with Crippen molar-refractivity contribution in [1.82, 2.24) is 0 Å². The molecule has 29 heavy (non-hydrogen) atoms. The first kappa shape index (κ1) is 21.7. The van der Waals surface area contributed by atoms with Crippen molar-refractivity contribution in [2.24, 2.45) is 45.8 Å². The van der Waals surface area contributed by atoms with Crippen LogP contribution < -0.4 is 0 Å². The Hall–Kier alpha value is -0.560. The average molecular weight is 399 g/mol. The number of aliphatic hydroxyl groups is 1. The molecule has 2 bridgehead atoms. The summed E-state index contributed by atoms with van der Waals surface area (Å²) in [7, 11) is 0. The first-order valence-corrected chi connectivity index (χ1v) is 12.6. The van der Waals surface area contributed by atoms with Gasteiger partial charge in [-0.25, -0.2) is 0 Å². The quantitative estimate of drug-likeness (QED) is 0.476. The molecule has 0 aromatic rings. The molecular weight excluding hydrogens is 352 g/mol. The third kappa shape index (κ3) is 3.90. The first-order valence-electron chi connectivity index (χ1n) is 12.6. The van der Waals surface area contributed by atoms with E-state index in [0.29, 0.717) is 16.7 Å². The zero-order chi connectivity index (χ0) is 21.0. The van der Waals surface area contributed by atoms with E-state index in [4.69, 9.17) is 0 Å². The first-order chi connectivity index (χ1) is 13.5. The monoisotopic (exact) mass is 398 g/mol. The van der Waals surface area contributed by atoms with Crippen LogP contribution in [-0.2, 0) is 0 Å². The second-order valence-electron chi connectivity index (χ2n) is 12.9. The summed E-state index contributed by atoms with van der Waals surface area (Å²) in [6.07, 6.45) is 19.1. The average Bonchev–Trinajstić information content (AvgIpc) is 2.82. The lowest BCUT2D eigenvalue weighted by atomic mass is 9.61. The molecule has 8 atom stereocenters. The Kier molecular flexibility index (Phi) is 5.63. The highest BCUT2D eigenvalue weighted by molar-refractivity contribution is 5.23. The molecule has 0 amide bonds. The van der Waals surface area contributed by atoms with Gasteiger partial charge in [0.25, 0.3) is 0 Å². The minimum Gasteiger partial charge on any atom is -0.393 e. The minimum atomic E-state index is -0.0916. The van der Waals surface area contributed by atoms with E-state index in [1.165, 1.54) is 44.9 Å². The van der Waals surface area contributed by atoms with Crippen molar-refractivity contribution in [2.45, 2.75) is 105 Å². The normalized spacial score (nSPS) is 46.4. The van der Waals surface area contributed by atoms with Gasteiger partial charge in [-0.1, -0.05) is 65.3 Å². The lowest BCUT2D eigenvalue weighted by Crippen LogP contribution is -2.36. The molecule has 3 fully saturated rings. The highest BCUT2D eigenvalue weighted by Gasteiger charge is 2.55. The molecule has 0 aromatic carbocycles. The van der Waals surface area contributed by atoms with Gasteiger partial charge in [-0.2, -0.15) is 0 Å². The largest absolute Gasteiger partial charge is 0.393 e. The standard InChI is InChI=1S/C28H46O/c1-19(11-14-26(2,3)4)24-9-10-25-20-7-8-21-18-23(29)13-16-27(21,5)22(17-20)12-15-28(24,25)6/h8,11,14,19-20,22-25,29H,7,9-10,12-13,15-18H2,1-6H3/b14-11+/t19-,20-,22+,23+,24-,25+,27+,28-/m1/s1. The maximum absolute atomic E-state index is 10.3. The Morgan fingerprint density at radius 3 is 2.59 bits per heavy atom. The third-order valence-corrected chi connectivity index (χ3v) is 9.96. The lowest BCUT2D eigenvalue weighted by molar-refractivity contribution is 0.0740. The highest BCUT2D eigenvalue weighted by atomic mass is 16.3. The second kappa shape index (κ2) is 7.54. The van der Waals surface area contributed by atoms with Gasteiger partial charge < -0.3 is 5.11 Å². The van der Waals surface area contributed by atoms with Crippen molar-refractivity contribution >= 4 is 0 Å². The molecule has 4 rings (SSSR count). The summed E-state index contributed by atoms with van der Waals surface area (Å²) in [5, 5.41) is 10.3. The molecule has 0 heterocycles. The number of hydrogen-bond acceptors (Lipinski definition) is 1. The molecule has 4 aliphatic rings. The summed E-state index contributed by atoms with van der Waals surface area (Å²) in [5.74, 6) is 4.13. The molecule has 3 saturated carbocycles. The molecule has 1 nitrogen and oxygen atoms in total. The van der Waals surface area contributed by atoms with E-state index in [2.05, 4.69) is 59.8 Å². The van der Waals surface area contributed by atoms with Gasteiger partial charge in [0.05, 0.1) is 6.10 Å². The van der Waals surface area contributed by atoms with Crippen LogP contribution in [0.3, 0.4) is 0 Å². The molecule has 0 aromatic heterocycles. The van der Waals surface area contributed by atoms with E-state index in [-0.39, 0.29) is 11.5 Å². The van der Waals surface area contributed by atoms with Crippen LogP contribution in [0.2, 0.25) is 0 Å². The van der Waals surface area contributed by atoms with E-state index in [1.54, 1.807) is 5.57 Å². The number of allylic oxidation sites excluding steroid dienone is 3. The molecule has 1 N–H and O–H groups in total. The van der Waals surface area contributed by atoms with E-state index >= 15 is 0 Å². The predicted molar refractivity (Wildman–Crippen MR) is 124 cm³/mol. The van der Waals surface area contributed by atoms with Crippen molar-refractivity contribution in [2.75, 3.05) is 0 Å². The second-order valence-corrected chi connectivity index (χ2v) is 12.9. The molecule has 0 radical (unpaired) electrons. The van der Waals surface area contributed by atoms with Crippen molar-refractivity contribution in [3.63, 3.8) is 0 Å². The predicted octanol–water partition coefficient (Wildman–Crippen LogP) is 7.55. The topological polar surface area (TPSA) is 20.2 Å². The number of rotatable bonds is 2. The van der Waals surface area contributed by atoms with E-state index in [1.807, 2.05) is 0 Å². The van der Waals surface area contributed by atoms with Crippen LogP contribution in [-0.4, -0.2) is 11.2 Å². The van der Waals surface area contributed by atoms with Gasteiger partial charge in [-0.15, -0.1) is 0 Å². The molecule has 0 aliphatic heterocycles. The summed E-state index contributed by atoms with van der Waals surface area (Å²) in [4.78, 5) is 0. The minimum absolute atomic E-state index is 0.0916. The Morgan fingerprint density at radius 1 is 1.10 bits per heavy atom. The molecular formula is C28H46O. The van der Waals surface area contributed by atoms with Gasteiger partial charge in [0, 0.05) is 0 Å². The van der Waals surface area contributed by atoms with E-state index in [9.17, 15) is 5.11 Å². The van der Waals surface area contributed by atoms with Crippen molar-refractivity contribution in [3.8, 4) is 0 Å². The zero-order valence-corrected chi connectivity index (χ0v) is 20.0. The number of hydrogen-bond donors (Lipinski definition) is 1. The van der Waals surface area contributed by atoms with Gasteiger partial charge in [0.15, 0.2) is 0 Å². The summed E-state index contributed by atoms with van der Waals surface area (Å²) in [5.41, 5.74) is 2.77. The Labute approximate surface area is 180 Å². The molecule has 0 saturated heterocycles. The summed E-state index contributed by atoms with van der Waals surface area (Å²) >= 11 is 0. The van der Waals surface area contributed by atoms with Crippen LogP contribution >= 0.6 is 0 Å². The van der Waals surface area contributed by atoms with Crippen LogP contribution in [0.5, 0.6) is 0 Å². The smallest absolute Gasteiger partial charge is 0.0577 e. The van der Waals surface area contributed by atoms with Crippen LogP contribution in [0.25, 0.3) is 0 Å².